The summed E-state index contributed by atoms with van der Waals surface area (Å²) in [5, 5.41) is 0. The first-order chi connectivity index (χ1) is 10.9. The van der Waals surface area contributed by atoms with E-state index in [9.17, 15) is 4.79 Å². The number of carbonyl (C=O) groups excluding carboxylic acids is 1. The van der Waals surface area contributed by atoms with Crippen molar-refractivity contribution in [2.45, 2.75) is 45.9 Å². The van der Waals surface area contributed by atoms with Gasteiger partial charge in [-0.15, -0.1) is 0 Å². The van der Waals surface area contributed by atoms with Gasteiger partial charge in [-0.2, -0.15) is 0 Å². The Labute approximate surface area is 137 Å². The highest BCUT2D eigenvalue weighted by Gasteiger charge is 2.24. The zero-order valence-corrected chi connectivity index (χ0v) is 14.1. The molecule has 0 radical (unpaired) electrons. The minimum Gasteiger partial charge on any atom is -0.443 e. The minimum absolute atomic E-state index is 0.282. The average Bonchev–Trinajstić information content (AvgIpc) is 2.90. The summed E-state index contributed by atoms with van der Waals surface area (Å²) < 4.78 is 7.15. The van der Waals surface area contributed by atoms with E-state index in [0.29, 0.717) is 0 Å². The van der Waals surface area contributed by atoms with Gasteiger partial charge in [-0.3, -0.25) is 9.47 Å². The van der Waals surface area contributed by atoms with E-state index in [1.807, 2.05) is 39.1 Å². The lowest BCUT2D eigenvalue weighted by Gasteiger charge is -2.28. The highest BCUT2D eigenvalue weighted by molar-refractivity contribution is 5.72. The predicted molar refractivity (Wildman–Crippen MR) is 90.3 cm³/mol. The summed E-state index contributed by atoms with van der Waals surface area (Å²) >= 11 is 0. The van der Waals surface area contributed by atoms with Crippen LogP contribution in [0.2, 0.25) is 0 Å². The number of hydrogen-bond acceptors (Lipinski definition) is 3. The molecule has 0 saturated heterocycles. The Hall–Kier alpha value is -2.07. The molecule has 4 nitrogen and oxygen atoms in total. The number of ether oxygens (including phenoxy) is 1. The van der Waals surface area contributed by atoms with Crippen molar-refractivity contribution in [2.75, 3.05) is 6.54 Å². The van der Waals surface area contributed by atoms with Crippen LogP contribution in [0.15, 0.2) is 42.6 Å². The standard InChI is InChI=1S/C19H24N2O2/c1-19(2,3)23-18(22)21-12-9-16-14-20(11-10-17(16)21)13-15-7-5-4-6-8-15/h4-9,12H,10-11,13-14H2,1-3H3. The molecule has 0 saturated carbocycles. The monoisotopic (exact) mass is 312 g/mol. The zero-order chi connectivity index (χ0) is 16.4. The number of aromatic nitrogens is 1. The molecule has 1 aliphatic rings. The van der Waals surface area contributed by atoms with Gasteiger partial charge in [-0.05, 0) is 38.0 Å². The fraction of sp³-hybridized carbons (Fsp3) is 0.421. The van der Waals surface area contributed by atoms with E-state index in [-0.39, 0.29) is 6.09 Å². The van der Waals surface area contributed by atoms with Gasteiger partial charge in [-0.1, -0.05) is 30.3 Å². The summed E-state index contributed by atoms with van der Waals surface area (Å²) in [6, 6.07) is 12.5. The summed E-state index contributed by atoms with van der Waals surface area (Å²) in [7, 11) is 0. The van der Waals surface area contributed by atoms with Gasteiger partial charge in [0, 0.05) is 37.9 Å². The van der Waals surface area contributed by atoms with Crippen LogP contribution in [0.3, 0.4) is 0 Å². The van der Waals surface area contributed by atoms with Crippen LogP contribution < -0.4 is 0 Å². The fourth-order valence-electron chi connectivity index (χ4n) is 2.97. The van der Waals surface area contributed by atoms with Crippen molar-refractivity contribution in [1.82, 2.24) is 9.47 Å². The molecule has 0 unspecified atom stereocenters. The summed E-state index contributed by atoms with van der Waals surface area (Å²) in [4.78, 5) is 14.7. The third-order valence-corrected chi connectivity index (χ3v) is 3.98. The number of benzene rings is 1. The molecule has 1 aromatic carbocycles. The summed E-state index contributed by atoms with van der Waals surface area (Å²) in [6.45, 7) is 8.44. The molecule has 0 atom stereocenters. The maximum absolute atomic E-state index is 12.3. The first-order valence-electron chi connectivity index (χ1n) is 8.11. The van der Waals surface area contributed by atoms with E-state index in [1.165, 1.54) is 11.1 Å². The highest BCUT2D eigenvalue weighted by Crippen LogP contribution is 2.23. The SMILES string of the molecule is CC(C)(C)OC(=O)n1ccc2c1CCN(Cc1ccccc1)C2. The Morgan fingerprint density at radius 3 is 2.61 bits per heavy atom. The van der Waals surface area contributed by atoms with E-state index in [1.54, 1.807) is 4.57 Å². The molecule has 0 aliphatic carbocycles. The summed E-state index contributed by atoms with van der Waals surface area (Å²) in [5.74, 6) is 0. The second-order valence-corrected chi connectivity index (χ2v) is 7.08. The molecule has 23 heavy (non-hydrogen) atoms. The Kier molecular flexibility index (Phi) is 4.26. The number of carbonyl (C=O) groups is 1. The van der Waals surface area contributed by atoms with Gasteiger partial charge in [0.1, 0.15) is 5.60 Å². The van der Waals surface area contributed by atoms with Crippen molar-refractivity contribution in [1.29, 1.82) is 0 Å². The van der Waals surface area contributed by atoms with Crippen molar-refractivity contribution in [3.63, 3.8) is 0 Å². The Bertz CT molecular complexity index is 683. The quantitative estimate of drug-likeness (QED) is 0.845. The molecule has 0 fully saturated rings. The van der Waals surface area contributed by atoms with Crippen LogP contribution in [0.5, 0.6) is 0 Å². The third-order valence-electron chi connectivity index (χ3n) is 3.98. The van der Waals surface area contributed by atoms with Crippen LogP contribution in [-0.2, 0) is 24.2 Å². The lowest BCUT2D eigenvalue weighted by Crippen LogP contribution is -2.33. The van der Waals surface area contributed by atoms with Gasteiger partial charge < -0.3 is 4.74 Å². The Morgan fingerprint density at radius 2 is 1.91 bits per heavy atom. The van der Waals surface area contributed by atoms with E-state index in [0.717, 1.165) is 31.7 Å². The molecule has 2 aromatic rings. The molecular weight excluding hydrogens is 288 g/mol. The van der Waals surface area contributed by atoms with E-state index in [2.05, 4.69) is 29.2 Å². The van der Waals surface area contributed by atoms with Gasteiger partial charge in [0.25, 0.3) is 0 Å². The lowest BCUT2D eigenvalue weighted by molar-refractivity contribution is 0.0530. The normalized spacial score (nSPS) is 15.3. The van der Waals surface area contributed by atoms with Crippen molar-refractivity contribution < 1.29 is 9.53 Å². The van der Waals surface area contributed by atoms with Gasteiger partial charge in [0.15, 0.2) is 0 Å². The molecule has 1 aliphatic heterocycles. The van der Waals surface area contributed by atoms with E-state index >= 15 is 0 Å². The minimum atomic E-state index is -0.470. The van der Waals surface area contributed by atoms with E-state index < -0.39 is 5.60 Å². The van der Waals surface area contributed by atoms with Gasteiger partial charge in [-0.25, -0.2) is 4.79 Å². The molecule has 0 amide bonds. The molecule has 0 bridgehead atoms. The number of nitrogens with zero attached hydrogens (tertiary/aromatic N) is 2. The maximum Gasteiger partial charge on any atom is 0.418 e. The molecule has 3 rings (SSSR count). The number of rotatable bonds is 2. The first-order valence-corrected chi connectivity index (χ1v) is 8.11. The smallest absolute Gasteiger partial charge is 0.418 e. The van der Waals surface area contributed by atoms with Gasteiger partial charge in [0.05, 0.1) is 0 Å². The zero-order valence-electron chi connectivity index (χ0n) is 14.1. The fourth-order valence-corrected chi connectivity index (χ4v) is 2.97. The van der Waals surface area contributed by atoms with Crippen LogP contribution in [0.25, 0.3) is 0 Å². The van der Waals surface area contributed by atoms with Crippen molar-refractivity contribution in [2.24, 2.45) is 0 Å². The van der Waals surface area contributed by atoms with Crippen LogP contribution in [0.1, 0.15) is 37.6 Å². The van der Waals surface area contributed by atoms with E-state index in [4.69, 9.17) is 4.74 Å². The van der Waals surface area contributed by atoms with Gasteiger partial charge >= 0.3 is 6.09 Å². The maximum atomic E-state index is 12.3. The first kappa shape index (κ1) is 15.8. The third kappa shape index (κ3) is 3.82. The molecule has 0 N–H and O–H groups in total. The van der Waals surface area contributed by atoms with Crippen LogP contribution in [0, 0.1) is 0 Å². The summed E-state index contributed by atoms with van der Waals surface area (Å²) in [6.07, 6.45) is 2.43. The molecule has 2 heterocycles. The van der Waals surface area contributed by atoms with Crippen LogP contribution in [0.4, 0.5) is 4.79 Å². The van der Waals surface area contributed by atoms with Crippen molar-refractivity contribution >= 4 is 6.09 Å². The second kappa shape index (κ2) is 6.20. The average molecular weight is 312 g/mol. The molecule has 0 spiro atoms. The van der Waals surface area contributed by atoms with Crippen LogP contribution in [-0.4, -0.2) is 27.7 Å². The molecule has 122 valence electrons. The predicted octanol–water partition coefficient (Wildman–Crippen LogP) is 3.83. The number of fused-ring (bicyclic) bond motifs is 1. The Morgan fingerprint density at radius 1 is 1.17 bits per heavy atom. The lowest BCUT2D eigenvalue weighted by atomic mass is 10.1. The largest absolute Gasteiger partial charge is 0.443 e. The molecule has 1 aromatic heterocycles. The molecular formula is C19H24N2O2. The summed E-state index contributed by atoms with van der Waals surface area (Å²) in [5.41, 5.74) is 3.16. The number of hydrogen-bond donors (Lipinski definition) is 0. The molecule has 4 heteroatoms. The Balaban J connectivity index is 1.70. The topological polar surface area (TPSA) is 34.5 Å². The van der Waals surface area contributed by atoms with Gasteiger partial charge in [0.2, 0.25) is 0 Å². The van der Waals surface area contributed by atoms with Crippen molar-refractivity contribution in [3.8, 4) is 0 Å². The van der Waals surface area contributed by atoms with Crippen molar-refractivity contribution in [3.05, 3.63) is 59.4 Å². The highest BCUT2D eigenvalue weighted by atomic mass is 16.6. The van der Waals surface area contributed by atoms with Crippen LogP contribution >= 0.6 is 0 Å². The second-order valence-electron chi connectivity index (χ2n) is 7.08.